The lowest BCUT2D eigenvalue weighted by Crippen LogP contribution is -2.56. The lowest BCUT2D eigenvalue weighted by Gasteiger charge is -2.30. The third-order valence-corrected chi connectivity index (χ3v) is 7.09. The Bertz CT molecular complexity index is 967. The molecular formula is C18H20F3N3O5S. The highest BCUT2D eigenvalue weighted by molar-refractivity contribution is 7.91. The highest BCUT2D eigenvalue weighted by atomic mass is 32.2. The number of alkyl halides is 3. The Morgan fingerprint density at radius 2 is 1.90 bits per heavy atom. The molecule has 3 rings (SSSR count). The first-order valence-electron chi connectivity index (χ1n) is 9.19. The minimum Gasteiger partial charge on any atom is -0.337 e. The molecule has 0 bridgehead atoms. The van der Waals surface area contributed by atoms with Gasteiger partial charge in [-0.1, -0.05) is 30.3 Å². The lowest BCUT2D eigenvalue weighted by molar-refractivity contribution is -0.198. The number of halogens is 3. The predicted molar refractivity (Wildman–Crippen MR) is 98.9 cm³/mol. The van der Waals surface area contributed by atoms with Gasteiger partial charge in [-0.25, -0.2) is 13.2 Å². The van der Waals surface area contributed by atoms with Gasteiger partial charge in [0.15, 0.2) is 9.84 Å². The quantitative estimate of drug-likeness (QED) is 0.679. The van der Waals surface area contributed by atoms with E-state index in [9.17, 15) is 36.0 Å². The van der Waals surface area contributed by atoms with Crippen molar-refractivity contribution in [3.05, 3.63) is 35.9 Å². The van der Waals surface area contributed by atoms with Crippen LogP contribution in [0.4, 0.5) is 18.0 Å². The normalized spacial score (nSPS) is 26.0. The zero-order valence-electron chi connectivity index (χ0n) is 16.0. The molecule has 8 nitrogen and oxygen atoms in total. The van der Waals surface area contributed by atoms with Crippen molar-refractivity contribution in [2.45, 2.75) is 31.1 Å². The number of nitrogens with zero attached hydrogens (tertiary/aromatic N) is 2. The van der Waals surface area contributed by atoms with Gasteiger partial charge in [-0.05, 0) is 18.9 Å². The van der Waals surface area contributed by atoms with Gasteiger partial charge in [-0.3, -0.25) is 14.5 Å². The van der Waals surface area contributed by atoms with Crippen LogP contribution in [0.15, 0.2) is 30.3 Å². The monoisotopic (exact) mass is 447 g/mol. The molecule has 164 valence electrons. The fourth-order valence-electron chi connectivity index (χ4n) is 3.84. The number of amides is 4. The van der Waals surface area contributed by atoms with E-state index < -0.39 is 57.5 Å². The van der Waals surface area contributed by atoms with Gasteiger partial charge in [0.25, 0.3) is 5.91 Å². The van der Waals surface area contributed by atoms with E-state index in [2.05, 4.69) is 0 Å². The second kappa shape index (κ2) is 7.56. The number of carbonyl (C=O) groups is 3. The summed E-state index contributed by atoms with van der Waals surface area (Å²) in [6.45, 7) is 0.754. The average molecular weight is 447 g/mol. The molecule has 0 spiro atoms. The third-order valence-electron chi connectivity index (χ3n) is 5.34. The maximum atomic E-state index is 14.0. The molecule has 12 heteroatoms. The van der Waals surface area contributed by atoms with Gasteiger partial charge in [0.2, 0.25) is 11.4 Å². The fraction of sp³-hybridized carbons (Fsp3) is 0.500. The largest absolute Gasteiger partial charge is 0.425 e. The lowest BCUT2D eigenvalue weighted by atomic mass is 9.89. The van der Waals surface area contributed by atoms with Crippen LogP contribution in [0, 0.1) is 0 Å². The molecule has 2 saturated heterocycles. The second-order valence-electron chi connectivity index (χ2n) is 7.17. The van der Waals surface area contributed by atoms with Crippen LogP contribution in [0.3, 0.4) is 0 Å². The smallest absolute Gasteiger partial charge is 0.337 e. The number of hydrogen-bond donors (Lipinski definition) is 1. The van der Waals surface area contributed by atoms with Crippen molar-refractivity contribution in [1.82, 2.24) is 15.1 Å². The number of rotatable bonds is 5. The van der Waals surface area contributed by atoms with Crippen LogP contribution in [-0.2, 0) is 25.0 Å². The summed E-state index contributed by atoms with van der Waals surface area (Å²) in [4.78, 5) is 39.2. The van der Waals surface area contributed by atoms with Crippen molar-refractivity contribution in [1.29, 1.82) is 0 Å². The molecular weight excluding hydrogens is 427 g/mol. The van der Waals surface area contributed by atoms with Crippen LogP contribution in [0.5, 0.6) is 0 Å². The first-order valence-corrected chi connectivity index (χ1v) is 11.0. The van der Waals surface area contributed by atoms with Crippen molar-refractivity contribution in [3.8, 4) is 0 Å². The number of hydrogen-bond acceptors (Lipinski definition) is 5. The van der Waals surface area contributed by atoms with Crippen molar-refractivity contribution in [2.75, 3.05) is 24.6 Å². The third kappa shape index (κ3) is 3.64. The Morgan fingerprint density at radius 1 is 1.27 bits per heavy atom. The Labute approximate surface area is 170 Å². The number of benzene rings is 1. The number of urea groups is 1. The van der Waals surface area contributed by atoms with E-state index >= 15 is 0 Å². The van der Waals surface area contributed by atoms with Gasteiger partial charge in [0.1, 0.15) is 6.54 Å². The summed E-state index contributed by atoms with van der Waals surface area (Å²) < 4.78 is 65.3. The van der Waals surface area contributed by atoms with Crippen molar-refractivity contribution >= 4 is 27.7 Å². The molecule has 0 saturated carbocycles. The topological polar surface area (TPSA) is 104 Å². The molecule has 2 unspecified atom stereocenters. The highest BCUT2D eigenvalue weighted by Gasteiger charge is 2.68. The molecule has 1 aromatic rings. The number of imide groups is 1. The highest BCUT2D eigenvalue weighted by Crippen LogP contribution is 2.43. The van der Waals surface area contributed by atoms with E-state index in [1.54, 1.807) is 12.2 Å². The Morgan fingerprint density at radius 3 is 2.40 bits per heavy atom. The van der Waals surface area contributed by atoms with Gasteiger partial charge in [0, 0.05) is 12.6 Å². The van der Waals surface area contributed by atoms with Gasteiger partial charge in [-0.2, -0.15) is 13.2 Å². The van der Waals surface area contributed by atoms with E-state index in [1.165, 1.54) is 23.1 Å². The van der Waals surface area contributed by atoms with Crippen LogP contribution in [-0.4, -0.2) is 72.9 Å². The molecule has 2 atom stereocenters. The van der Waals surface area contributed by atoms with Crippen molar-refractivity contribution < 1.29 is 36.0 Å². The number of likely N-dealkylation sites (N-methyl/N-ethyl adjacent to an activating group) is 1. The van der Waals surface area contributed by atoms with Gasteiger partial charge in [0.05, 0.1) is 11.5 Å². The summed E-state index contributed by atoms with van der Waals surface area (Å²) in [5.41, 5.74) is -3.76. The summed E-state index contributed by atoms with van der Waals surface area (Å²) >= 11 is 0. The molecule has 1 N–H and O–H groups in total. The molecule has 0 aromatic heterocycles. The minimum atomic E-state index is -5.15. The summed E-state index contributed by atoms with van der Waals surface area (Å²) in [7, 11) is -3.31. The maximum absolute atomic E-state index is 14.0. The number of nitrogens with one attached hydrogen (secondary N) is 1. The summed E-state index contributed by atoms with van der Waals surface area (Å²) in [6.07, 6.45) is -4.96. The van der Waals surface area contributed by atoms with Crippen molar-refractivity contribution in [2.24, 2.45) is 0 Å². The van der Waals surface area contributed by atoms with Gasteiger partial charge >= 0.3 is 12.2 Å². The predicted octanol–water partition coefficient (Wildman–Crippen LogP) is 1.03. The first-order chi connectivity index (χ1) is 13.9. The Hall–Kier alpha value is -2.63. The molecule has 30 heavy (non-hydrogen) atoms. The summed E-state index contributed by atoms with van der Waals surface area (Å²) in [6, 6.07) is 4.21. The Balaban J connectivity index is 1.88. The van der Waals surface area contributed by atoms with Crippen LogP contribution in [0.1, 0.15) is 18.9 Å². The van der Waals surface area contributed by atoms with E-state index in [0.717, 1.165) is 12.1 Å². The summed E-state index contributed by atoms with van der Waals surface area (Å²) in [5.74, 6) is -2.76. The first kappa shape index (κ1) is 22.1. The van der Waals surface area contributed by atoms with Crippen LogP contribution in [0.25, 0.3) is 0 Å². The molecule has 0 radical (unpaired) electrons. The van der Waals surface area contributed by atoms with Crippen LogP contribution < -0.4 is 5.32 Å². The molecule has 2 fully saturated rings. The zero-order valence-corrected chi connectivity index (χ0v) is 16.8. The zero-order chi connectivity index (χ0) is 22.3. The van der Waals surface area contributed by atoms with E-state index in [1.807, 2.05) is 0 Å². The van der Waals surface area contributed by atoms with E-state index in [-0.39, 0.29) is 29.4 Å². The molecule has 2 aliphatic rings. The Kier molecular flexibility index (Phi) is 5.56. The molecule has 4 amide bonds. The molecule has 2 heterocycles. The van der Waals surface area contributed by atoms with Crippen molar-refractivity contribution in [3.63, 3.8) is 0 Å². The minimum absolute atomic E-state index is 0.0891. The molecule has 2 aliphatic heterocycles. The standard InChI is InChI=1S/C18H20F3N3O5S/c1-2-23(13-8-9-30(28,29)11-13)14(25)10-24-15(26)17(18(19,20)21,22-16(24)27)12-6-4-3-5-7-12/h3-7,13H,2,8-11H2,1H3,(H,22,27). The molecule has 1 aromatic carbocycles. The molecule has 0 aliphatic carbocycles. The SMILES string of the molecule is CCN(C(=O)CN1C(=O)NC(c2ccccc2)(C(F)(F)F)C1=O)C1CCS(=O)(=O)C1. The van der Waals surface area contributed by atoms with Crippen LogP contribution in [0.2, 0.25) is 0 Å². The van der Waals surface area contributed by atoms with E-state index in [0.29, 0.717) is 0 Å². The average Bonchev–Trinajstić information content (AvgIpc) is 3.14. The fourth-order valence-corrected chi connectivity index (χ4v) is 5.58. The van der Waals surface area contributed by atoms with E-state index in [4.69, 9.17) is 0 Å². The van der Waals surface area contributed by atoms with Gasteiger partial charge < -0.3 is 10.2 Å². The number of carbonyl (C=O) groups excluding carboxylic acids is 3. The number of sulfone groups is 1. The maximum Gasteiger partial charge on any atom is 0.425 e. The van der Waals surface area contributed by atoms with Crippen LogP contribution >= 0.6 is 0 Å². The second-order valence-corrected chi connectivity index (χ2v) is 9.40. The van der Waals surface area contributed by atoms with Gasteiger partial charge in [-0.15, -0.1) is 0 Å². The summed E-state index contributed by atoms with van der Waals surface area (Å²) in [5, 5.41) is 1.71.